The number of rotatable bonds is 7. The molecule has 102 valence electrons. The summed E-state index contributed by atoms with van der Waals surface area (Å²) in [5, 5.41) is 12.2. The van der Waals surface area contributed by atoms with E-state index in [1.807, 2.05) is 27.7 Å². The van der Waals surface area contributed by atoms with Crippen LogP contribution in [0.15, 0.2) is 0 Å². The van der Waals surface area contributed by atoms with E-state index in [2.05, 4.69) is 20.3 Å². The fourth-order valence-electron chi connectivity index (χ4n) is 1.12. The zero-order chi connectivity index (χ0) is 13.6. The molecule has 7 nitrogen and oxygen atoms in total. The van der Waals surface area contributed by atoms with Crippen molar-refractivity contribution in [2.45, 2.75) is 33.2 Å². The molecule has 0 fully saturated rings. The second kappa shape index (κ2) is 6.34. The molecule has 0 aromatic carbocycles. The summed E-state index contributed by atoms with van der Waals surface area (Å²) in [5.74, 6) is 0.316. The Balaban J connectivity index is 2.95. The smallest absolute Gasteiger partial charge is 0.324 e. The van der Waals surface area contributed by atoms with Crippen molar-refractivity contribution in [2.75, 3.05) is 25.1 Å². The summed E-state index contributed by atoms with van der Waals surface area (Å²) in [7, 11) is 0. The van der Waals surface area contributed by atoms with Crippen molar-refractivity contribution in [3.05, 3.63) is 0 Å². The highest BCUT2D eigenvalue weighted by atomic mass is 16.5. The highest BCUT2D eigenvalue weighted by molar-refractivity contribution is 5.31. The lowest BCUT2D eigenvalue weighted by Gasteiger charge is -2.23. The predicted molar refractivity (Wildman–Crippen MR) is 67.0 cm³/mol. The molecule has 0 saturated heterocycles. The van der Waals surface area contributed by atoms with Crippen molar-refractivity contribution in [1.29, 1.82) is 0 Å². The van der Waals surface area contributed by atoms with Crippen molar-refractivity contribution in [1.82, 2.24) is 15.0 Å². The number of nitrogens with zero attached hydrogens (tertiary/aromatic N) is 3. The van der Waals surface area contributed by atoms with Gasteiger partial charge in [0.25, 0.3) is 0 Å². The van der Waals surface area contributed by atoms with Gasteiger partial charge in [0, 0.05) is 0 Å². The lowest BCUT2D eigenvalue weighted by molar-refractivity contribution is 0.232. The second-order valence-electron chi connectivity index (χ2n) is 4.26. The van der Waals surface area contributed by atoms with Crippen LogP contribution in [0.1, 0.15) is 27.7 Å². The van der Waals surface area contributed by atoms with Crippen LogP contribution in [0.2, 0.25) is 0 Å². The van der Waals surface area contributed by atoms with E-state index in [9.17, 15) is 5.11 Å². The van der Waals surface area contributed by atoms with E-state index >= 15 is 0 Å². The van der Waals surface area contributed by atoms with E-state index < -0.39 is 5.54 Å². The van der Waals surface area contributed by atoms with Crippen molar-refractivity contribution in [3.8, 4) is 12.0 Å². The largest absolute Gasteiger partial charge is 0.464 e. The molecule has 1 aromatic rings. The minimum atomic E-state index is -0.533. The number of aliphatic hydroxyl groups is 1. The van der Waals surface area contributed by atoms with Gasteiger partial charge >= 0.3 is 12.0 Å². The number of hydrogen-bond acceptors (Lipinski definition) is 7. The number of ether oxygens (including phenoxy) is 2. The number of nitrogens with one attached hydrogen (secondary N) is 1. The molecule has 1 rings (SSSR count). The monoisotopic (exact) mass is 256 g/mol. The fraction of sp³-hybridized carbons (Fsp3) is 0.727. The maximum Gasteiger partial charge on any atom is 0.324 e. The van der Waals surface area contributed by atoms with Crippen LogP contribution in [0.25, 0.3) is 0 Å². The third-order valence-electron chi connectivity index (χ3n) is 1.99. The summed E-state index contributed by atoms with van der Waals surface area (Å²) < 4.78 is 10.5. The average molecular weight is 256 g/mol. The SMILES string of the molecule is CCOc1nc(NC(C)(C)CO)nc(OCC)n1. The highest BCUT2D eigenvalue weighted by Gasteiger charge is 2.19. The third-order valence-corrected chi connectivity index (χ3v) is 1.99. The van der Waals surface area contributed by atoms with Gasteiger partial charge in [-0.25, -0.2) is 0 Å². The van der Waals surface area contributed by atoms with Gasteiger partial charge in [0.2, 0.25) is 5.95 Å². The first-order valence-corrected chi connectivity index (χ1v) is 5.91. The van der Waals surface area contributed by atoms with Gasteiger partial charge in [0.1, 0.15) is 0 Å². The Morgan fingerprint density at radius 3 is 1.94 bits per heavy atom. The van der Waals surface area contributed by atoms with E-state index in [0.717, 1.165) is 0 Å². The van der Waals surface area contributed by atoms with Crippen LogP contribution >= 0.6 is 0 Å². The zero-order valence-electron chi connectivity index (χ0n) is 11.2. The average Bonchev–Trinajstić information content (AvgIpc) is 2.29. The highest BCUT2D eigenvalue weighted by Crippen LogP contribution is 2.16. The summed E-state index contributed by atoms with van der Waals surface area (Å²) in [5.41, 5.74) is -0.533. The van der Waals surface area contributed by atoms with Gasteiger partial charge < -0.3 is 19.9 Å². The van der Waals surface area contributed by atoms with Gasteiger partial charge in [-0.1, -0.05) is 0 Å². The molecule has 0 amide bonds. The maximum absolute atomic E-state index is 9.20. The van der Waals surface area contributed by atoms with Crippen LogP contribution in [0.3, 0.4) is 0 Å². The molecule has 0 unspecified atom stereocenters. The predicted octanol–water partition coefficient (Wildman–Crippen LogP) is 0.852. The second-order valence-corrected chi connectivity index (χ2v) is 4.26. The molecular weight excluding hydrogens is 236 g/mol. The Bertz CT molecular complexity index is 360. The molecule has 1 heterocycles. The van der Waals surface area contributed by atoms with Gasteiger partial charge in [-0.2, -0.15) is 9.97 Å². The van der Waals surface area contributed by atoms with E-state index in [0.29, 0.717) is 19.2 Å². The van der Waals surface area contributed by atoms with Gasteiger partial charge in [-0.3, -0.25) is 0 Å². The Labute approximate surface area is 107 Å². The van der Waals surface area contributed by atoms with Crippen LogP contribution in [0.5, 0.6) is 12.0 Å². The first-order valence-electron chi connectivity index (χ1n) is 5.91. The molecule has 0 bridgehead atoms. The molecule has 0 atom stereocenters. The molecule has 0 aliphatic heterocycles. The molecule has 1 aromatic heterocycles. The molecule has 2 N–H and O–H groups in total. The molecule has 0 aliphatic rings. The van der Waals surface area contributed by atoms with Crippen molar-refractivity contribution in [3.63, 3.8) is 0 Å². The number of anilines is 1. The van der Waals surface area contributed by atoms with Crippen LogP contribution in [-0.2, 0) is 0 Å². The minimum Gasteiger partial charge on any atom is -0.464 e. The first kappa shape index (κ1) is 14.4. The van der Waals surface area contributed by atoms with Crippen LogP contribution in [0, 0.1) is 0 Å². The molecule has 0 aliphatic carbocycles. The molecule has 0 saturated carbocycles. The summed E-state index contributed by atoms with van der Waals surface area (Å²) in [6.45, 7) is 8.21. The Morgan fingerprint density at radius 2 is 1.56 bits per heavy atom. The molecular formula is C11H20N4O3. The molecule has 0 spiro atoms. The van der Waals surface area contributed by atoms with Crippen LogP contribution < -0.4 is 14.8 Å². The number of aliphatic hydroxyl groups excluding tert-OH is 1. The Morgan fingerprint density at radius 1 is 1.06 bits per heavy atom. The summed E-state index contributed by atoms with van der Waals surface area (Å²) in [6, 6.07) is 0.402. The topological polar surface area (TPSA) is 89.4 Å². The van der Waals surface area contributed by atoms with Gasteiger partial charge in [0.15, 0.2) is 0 Å². The third kappa shape index (κ3) is 4.33. The lowest BCUT2D eigenvalue weighted by Crippen LogP contribution is -2.35. The standard InChI is InChI=1S/C11H20N4O3/c1-5-17-9-12-8(15-11(3,4)7-16)13-10(14-9)18-6-2/h16H,5-7H2,1-4H3,(H,12,13,14,15). The fourth-order valence-corrected chi connectivity index (χ4v) is 1.12. The minimum absolute atomic E-state index is 0.0490. The summed E-state index contributed by atoms with van der Waals surface area (Å²) in [4.78, 5) is 12.2. The molecule has 7 heteroatoms. The zero-order valence-corrected chi connectivity index (χ0v) is 11.2. The summed E-state index contributed by atoms with van der Waals surface area (Å²) in [6.07, 6.45) is 0. The normalized spacial score (nSPS) is 11.2. The first-order chi connectivity index (χ1) is 8.50. The van der Waals surface area contributed by atoms with Gasteiger partial charge in [-0.05, 0) is 27.7 Å². The van der Waals surface area contributed by atoms with Gasteiger partial charge in [0.05, 0.1) is 25.4 Å². The lowest BCUT2D eigenvalue weighted by atomic mass is 10.1. The Hall–Kier alpha value is -1.63. The quantitative estimate of drug-likeness (QED) is 0.747. The van der Waals surface area contributed by atoms with E-state index in [-0.39, 0.29) is 18.6 Å². The van der Waals surface area contributed by atoms with E-state index in [1.165, 1.54) is 0 Å². The van der Waals surface area contributed by atoms with Crippen molar-refractivity contribution >= 4 is 5.95 Å². The van der Waals surface area contributed by atoms with E-state index in [1.54, 1.807) is 0 Å². The maximum atomic E-state index is 9.20. The molecule has 0 radical (unpaired) electrons. The Kier molecular flexibility index (Phi) is 5.08. The van der Waals surface area contributed by atoms with Crippen molar-refractivity contribution in [2.24, 2.45) is 0 Å². The molecule has 18 heavy (non-hydrogen) atoms. The van der Waals surface area contributed by atoms with Crippen LogP contribution in [-0.4, -0.2) is 45.4 Å². The number of hydrogen-bond donors (Lipinski definition) is 2. The number of aromatic nitrogens is 3. The van der Waals surface area contributed by atoms with Crippen molar-refractivity contribution < 1.29 is 14.6 Å². The summed E-state index contributed by atoms with van der Waals surface area (Å²) >= 11 is 0. The van der Waals surface area contributed by atoms with Gasteiger partial charge in [-0.15, -0.1) is 4.98 Å². The van der Waals surface area contributed by atoms with E-state index in [4.69, 9.17) is 9.47 Å². The van der Waals surface area contributed by atoms with Crippen LogP contribution in [0.4, 0.5) is 5.95 Å².